The van der Waals surface area contributed by atoms with Crippen LogP contribution in [0.3, 0.4) is 0 Å². The third-order valence-corrected chi connectivity index (χ3v) is 4.48. The third-order valence-electron chi connectivity index (χ3n) is 3.76. The van der Waals surface area contributed by atoms with Crippen LogP contribution < -0.4 is 10.2 Å². The van der Waals surface area contributed by atoms with Crippen molar-refractivity contribution in [1.29, 1.82) is 0 Å². The Morgan fingerprint density at radius 2 is 1.87 bits per heavy atom. The zero-order chi connectivity index (χ0) is 16.4. The van der Waals surface area contributed by atoms with Crippen LogP contribution in [0.1, 0.15) is 16.8 Å². The lowest BCUT2D eigenvalue weighted by Crippen LogP contribution is -2.41. The van der Waals surface area contributed by atoms with Gasteiger partial charge in [0.1, 0.15) is 11.9 Å². The molecule has 23 heavy (non-hydrogen) atoms. The molecule has 1 aliphatic heterocycles. The minimum Gasteiger partial charge on any atom is -0.340 e. The summed E-state index contributed by atoms with van der Waals surface area (Å²) in [6.45, 7) is 0.386. The number of carbonyl (C=O) groups is 2. The van der Waals surface area contributed by atoms with E-state index >= 15 is 0 Å². The smallest absolute Gasteiger partial charge is 0.251 e. The van der Waals surface area contributed by atoms with Crippen molar-refractivity contribution in [3.8, 4) is 0 Å². The maximum atomic E-state index is 13.8. The number of rotatable bonds is 3. The van der Waals surface area contributed by atoms with Crippen LogP contribution in [0.2, 0.25) is 0 Å². The van der Waals surface area contributed by atoms with Crippen LogP contribution >= 0.6 is 22.6 Å². The number of amides is 2. The van der Waals surface area contributed by atoms with Gasteiger partial charge in [-0.3, -0.25) is 9.59 Å². The molecule has 2 aromatic carbocycles. The van der Waals surface area contributed by atoms with Crippen molar-refractivity contribution >= 4 is 40.1 Å². The molecule has 1 heterocycles. The molecule has 1 atom stereocenters. The molecule has 1 aliphatic rings. The second-order valence-corrected chi connectivity index (χ2v) is 6.51. The van der Waals surface area contributed by atoms with E-state index in [-0.39, 0.29) is 17.5 Å². The second kappa shape index (κ2) is 6.66. The largest absolute Gasteiger partial charge is 0.340 e. The van der Waals surface area contributed by atoms with Crippen molar-refractivity contribution in [2.45, 2.75) is 12.5 Å². The molecule has 1 fully saturated rings. The number of halogens is 2. The number of nitrogens with one attached hydrogen (secondary N) is 1. The third kappa shape index (κ3) is 3.36. The molecular formula is C17H14FIN2O2. The summed E-state index contributed by atoms with van der Waals surface area (Å²) in [6, 6.07) is 12.6. The van der Waals surface area contributed by atoms with Gasteiger partial charge in [0, 0.05) is 15.7 Å². The van der Waals surface area contributed by atoms with E-state index in [0.29, 0.717) is 18.5 Å². The van der Waals surface area contributed by atoms with Gasteiger partial charge in [0.25, 0.3) is 5.91 Å². The van der Waals surface area contributed by atoms with Crippen LogP contribution in [0, 0.1) is 9.39 Å². The molecule has 1 N–H and O–H groups in total. The van der Waals surface area contributed by atoms with Gasteiger partial charge in [-0.15, -0.1) is 0 Å². The highest BCUT2D eigenvalue weighted by atomic mass is 127. The Labute approximate surface area is 146 Å². The summed E-state index contributed by atoms with van der Waals surface area (Å²) >= 11 is 2.16. The lowest BCUT2D eigenvalue weighted by Gasteiger charge is -2.17. The Morgan fingerprint density at radius 1 is 1.17 bits per heavy atom. The van der Waals surface area contributed by atoms with E-state index in [1.807, 2.05) is 12.1 Å². The standard InChI is InChI=1S/C17H14FIN2O2/c18-13-3-1-2-4-15(13)21-10-9-14(17(21)23)20-16(22)11-5-7-12(19)8-6-11/h1-8,14H,9-10H2,(H,20,22). The summed E-state index contributed by atoms with van der Waals surface area (Å²) < 4.78 is 14.9. The molecule has 2 aromatic rings. The molecule has 0 aromatic heterocycles. The Bertz CT molecular complexity index is 749. The van der Waals surface area contributed by atoms with Crippen LogP contribution in [-0.4, -0.2) is 24.4 Å². The molecule has 0 saturated carbocycles. The fourth-order valence-electron chi connectivity index (χ4n) is 2.57. The molecule has 2 amide bonds. The molecule has 118 valence electrons. The van der Waals surface area contributed by atoms with Gasteiger partial charge in [-0.1, -0.05) is 12.1 Å². The zero-order valence-electron chi connectivity index (χ0n) is 12.1. The average Bonchev–Trinajstić information content (AvgIpc) is 2.89. The molecule has 0 radical (unpaired) electrons. The van der Waals surface area contributed by atoms with Crippen LogP contribution in [0.4, 0.5) is 10.1 Å². The van der Waals surface area contributed by atoms with Gasteiger partial charge in [-0.2, -0.15) is 0 Å². The highest BCUT2D eigenvalue weighted by molar-refractivity contribution is 14.1. The number of anilines is 1. The van der Waals surface area contributed by atoms with Crippen molar-refractivity contribution in [3.05, 3.63) is 63.5 Å². The zero-order valence-corrected chi connectivity index (χ0v) is 14.3. The average molecular weight is 424 g/mol. The predicted octanol–water partition coefficient (Wildman–Crippen LogP) is 2.97. The van der Waals surface area contributed by atoms with Crippen LogP contribution in [0.5, 0.6) is 0 Å². The van der Waals surface area contributed by atoms with Gasteiger partial charge in [-0.05, 0) is 65.4 Å². The summed E-state index contributed by atoms with van der Waals surface area (Å²) in [5.74, 6) is -1.02. The fraction of sp³-hybridized carbons (Fsp3) is 0.176. The van der Waals surface area contributed by atoms with Crippen molar-refractivity contribution in [3.63, 3.8) is 0 Å². The Hall–Kier alpha value is -1.96. The van der Waals surface area contributed by atoms with E-state index in [2.05, 4.69) is 27.9 Å². The minimum atomic E-state index is -0.624. The molecule has 1 unspecified atom stereocenters. The first-order valence-electron chi connectivity index (χ1n) is 7.18. The molecular weight excluding hydrogens is 410 g/mol. The molecule has 0 bridgehead atoms. The normalized spacial score (nSPS) is 17.4. The molecule has 1 saturated heterocycles. The number of para-hydroxylation sites is 1. The lowest BCUT2D eigenvalue weighted by atomic mass is 10.2. The van der Waals surface area contributed by atoms with E-state index in [4.69, 9.17) is 0 Å². The molecule has 3 rings (SSSR count). The number of nitrogens with zero attached hydrogens (tertiary/aromatic N) is 1. The monoisotopic (exact) mass is 424 g/mol. The summed E-state index contributed by atoms with van der Waals surface area (Å²) in [5, 5.41) is 2.73. The highest BCUT2D eigenvalue weighted by Crippen LogP contribution is 2.24. The Kier molecular flexibility index (Phi) is 4.61. The summed E-state index contributed by atoms with van der Waals surface area (Å²) in [5.41, 5.74) is 0.756. The van der Waals surface area contributed by atoms with E-state index in [1.54, 1.807) is 30.3 Å². The van der Waals surface area contributed by atoms with Crippen molar-refractivity contribution in [2.75, 3.05) is 11.4 Å². The van der Waals surface area contributed by atoms with Crippen LogP contribution in [0.25, 0.3) is 0 Å². The van der Waals surface area contributed by atoms with E-state index in [9.17, 15) is 14.0 Å². The van der Waals surface area contributed by atoms with Gasteiger partial charge in [0.2, 0.25) is 5.91 Å². The van der Waals surface area contributed by atoms with E-state index < -0.39 is 11.9 Å². The SMILES string of the molecule is O=C(NC1CCN(c2ccccc2F)C1=O)c1ccc(I)cc1. The topological polar surface area (TPSA) is 49.4 Å². The van der Waals surface area contributed by atoms with Gasteiger partial charge in [0.05, 0.1) is 5.69 Å². The van der Waals surface area contributed by atoms with Gasteiger partial charge in [0.15, 0.2) is 0 Å². The van der Waals surface area contributed by atoms with E-state index in [1.165, 1.54) is 11.0 Å². The number of hydrogen-bond donors (Lipinski definition) is 1. The number of benzene rings is 2. The van der Waals surface area contributed by atoms with Crippen molar-refractivity contribution in [1.82, 2.24) is 5.32 Å². The van der Waals surface area contributed by atoms with Gasteiger partial charge < -0.3 is 10.2 Å². The predicted molar refractivity (Wildman–Crippen MR) is 93.8 cm³/mol. The lowest BCUT2D eigenvalue weighted by molar-refractivity contribution is -0.118. The fourth-order valence-corrected chi connectivity index (χ4v) is 2.93. The maximum absolute atomic E-state index is 13.8. The van der Waals surface area contributed by atoms with Crippen LogP contribution in [-0.2, 0) is 4.79 Å². The quantitative estimate of drug-likeness (QED) is 0.771. The molecule has 4 nitrogen and oxygen atoms in total. The first kappa shape index (κ1) is 15.9. The molecule has 6 heteroatoms. The minimum absolute atomic E-state index is 0.253. The second-order valence-electron chi connectivity index (χ2n) is 5.26. The van der Waals surface area contributed by atoms with Crippen LogP contribution in [0.15, 0.2) is 48.5 Å². The summed E-state index contributed by atoms with van der Waals surface area (Å²) in [7, 11) is 0. The Balaban J connectivity index is 1.71. The molecule has 0 spiro atoms. The Morgan fingerprint density at radius 3 is 2.57 bits per heavy atom. The van der Waals surface area contributed by atoms with Gasteiger partial charge >= 0.3 is 0 Å². The first-order chi connectivity index (χ1) is 11.1. The van der Waals surface area contributed by atoms with E-state index in [0.717, 1.165) is 3.57 Å². The summed E-state index contributed by atoms with van der Waals surface area (Å²) in [6.07, 6.45) is 0.462. The molecule has 0 aliphatic carbocycles. The van der Waals surface area contributed by atoms with Gasteiger partial charge in [-0.25, -0.2) is 4.39 Å². The summed E-state index contributed by atoms with van der Waals surface area (Å²) in [4.78, 5) is 26.0. The van der Waals surface area contributed by atoms with Crippen molar-refractivity contribution in [2.24, 2.45) is 0 Å². The van der Waals surface area contributed by atoms with Crippen molar-refractivity contribution < 1.29 is 14.0 Å². The number of hydrogen-bond acceptors (Lipinski definition) is 2. The first-order valence-corrected chi connectivity index (χ1v) is 8.26. The highest BCUT2D eigenvalue weighted by Gasteiger charge is 2.34. The number of carbonyl (C=O) groups excluding carboxylic acids is 2. The maximum Gasteiger partial charge on any atom is 0.251 e.